The van der Waals surface area contributed by atoms with Gasteiger partial charge in [0.05, 0.1) is 5.39 Å². The number of nitrogens with zero attached hydrogens (tertiary/aromatic N) is 4. The molecule has 2 aromatic rings. The van der Waals surface area contributed by atoms with E-state index in [1.807, 2.05) is 6.07 Å². The van der Waals surface area contributed by atoms with Crippen LogP contribution in [0.15, 0.2) is 18.6 Å². The average Bonchev–Trinajstić information content (AvgIpc) is 2.88. The molecule has 25 heavy (non-hydrogen) atoms. The number of aromatic nitrogens is 3. The van der Waals surface area contributed by atoms with Crippen LogP contribution in [0.1, 0.15) is 50.7 Å². The minimum atomic E-state index is -0.0577. The standard InChI is InChI=1S/C18H25N5O2/c1-13(24)19-9-7-15-6-4-3-5-10-23(15)18-16-8-11-22(14(2)25)17(16)20-12-21-18/h8,11-12,15H,3-7,9-10H2,1-2H3,(H,19,24)/t15-/m1/s1. The maximum atomic E-state index is 11.8. The van der Waals surface area contributed by atoms with Crippen molar-refractivity contribution in [2.75, 3.05) is 18.0 Å². The molecule has 0 unspecified atom stereocenters. The summed E-state index contributed by atoms with van der Waals surface area (Å²) in [6.45, 7) is 4.67. The first-order valence-corrected chi connectivity index (χ1v) is 8.92. The molecule has 3 rings (SSSR count). The van der Waals surface area contributed by atoms with Crippen molar-refractivity contribution in [2.24, 2.45) is 0 Å². The van der Waals surface area contributed by atoms with Crippen LogP contribution >= 0.6 is 0 Å². The summed E-state index contributed by atoms with van der Waals surface area (Å²) in [6.07, 6.45) is 8.77. The van der Waals surface area contributed by atoms with Crippen LogP contribution < -0.4 is 10.2 Å². The smallest absolute Gasteiger partial charge is 0.229 e. The van der Waals surface area contributed by atoms with Gasteiger partial charge >= 0.3 is 0 Å². The van der Waals surface area contributed by atoms with Crippen LogP contribution in [0.2, 0.25) is 0 Å². The summed E-state index contributed by atoms with van der Waals surface area (Å²) < 4.78 is 1.56. The predicted molar refractivity (Wildman–Crippen MR) is 96.7 cm³/mol. The summed E-state index contributed by atoms with van der Waals surface area (Å²) in [5.41, 5.74) is 0.655. The number of carbonyl (C=O) groups is 2. The van der Waals surface area contributed by atoms with Gasteiger partial charge < -0.3 is 10.2 Å². The molecular weight excluding hydrogens is 318 g/mol. The summed E-state index contributed by atoms with van der Waals surface area (Å²) in [5, 5.41) is 3.80. The zero-order chi connectivity index (χ0) is 17.8. The molecule has 0 aliphatic carbocycles. The topological polar surface area (TPSA) is 80.1 Å². The lowest BCUT2D eigenvalue weighted by molar-refractivity contribution is -0.118. The lowest BCUT2D eigenvalue weighted by Gasteiger charge is -2.31. The van der Waals surface area contributed by atoms with Crippen molar-refractivity contribution < 1.29 is 9.59 Å². The zero-order valence-electron chi connectivity index (χ0n) is 14.9. The Labute approximate surface area is 147 Å². The second kappa shape index (κ2) is 7.63. The monoisotopic (exact) mass is 343 g/mol. The van der Waals surface area contributed by atoms with E-state index in [-0.39, 0.29) is 11.8 Å². The van der Waals surface area contributed by atoms with Gasteiger partial charge in [-0.25, -0.2) is 9.97 Å². The van der Waals surface area contributed by atoms with Crippen molar-refractivity contribution in [3.05, 3.63) is 18.6 Å². The predicted octanol–water partition coefficient (Wildman–Crippen LogP) is 2.37. The molecule has 1 amide bonds. The Bertz CT molecular complexity index is 770. The molecule has 1 aliphatic heterocycles. The summed E-state index contributed by atoms with van der Waals surface area (Å²) >= 11 is 0. The first-order valence-electron chi connectivity index (χ1n) is 8.92. The van der Waals surface area contributed by atoms with E-state index < -0.39 is 0 Å². The Balaban J connectivity index is 1.92. The van der Waals surface area contributed by atoms with Gasteiger partial charge in [0.2, 0.25) is 11.8 Å². The minimum absolute atomic E-state index is 0.00290. The maximum Gasteiger partial charge on any atom is 0.229 e. The van der Waals surface area contributed by atoms with Crippen molar-refractivity contribution in [1.29, 1.82) is 0 Å². The van der Waals surface area contributed by atoms with E-state index in [1.54, 1.807) is 17.7 Å². The van der Waals surface area contributed by atoms with Crippen molar-refractivity contribution in [2.45, 2.75) is 52.0 Å². The van der Waals surface area contributed by atoms with Crippen LogP contribution in [0, 0.1) is 0 Å². The second-order valence-corrected chi connectivity index (χ2v) is 6.61. The van der Waals surface area contributed by atoms with E-state index >= 15 is 0 Å². The van der Waals surface area contributed by atoms with Gasteiger partial charge in [-0.15, -0.1) is 0 Å². The molecule has 0 saturated carbocycles. The Morgan fingerprint density at radius 3 is 2.84 bits per heavy atom. The number of amides is 1. The molecule has 0 radical (unpaired) electrons. The van der Waals surface area contributed by atoms with Gasteiger partial charge in [-0.3, -0.25) is 14.2 Å². The second-order valence-electron chi connectivity index (χ2n) is 6.61. The van der Waals surface area contributed by atoms with Crippen LogP contribution in [0.5, 0.6) is 0 Å². The normalized spacial score (nSPS) is 18.2. The third kappa shape index (κ3) is 3.81. The van der Waals surface area contributed by atoms with E-state index in [0.717, 1.165) is 37.0 Å². The van der Waals surface area contributed by atoms with Crippen LogP contribution in [0.3, 0.4) is 0 Å². The molecular formula is C18H25N5O2. The van der Waals surface area contributed by atoms with Gasteiger partial charge in [-0.2, -0.15) is 0 Å². The van der Waals surface area contributed by atoms with Gasteiger partial charge in [0, 0.05) is 39.2 Å². The fourth-order valence-corrected chi connectivity index (χ4v) is 3.59. The number of anilines is 1. The lowest BCUT2D eigenvalue weighted by atomic mass is 10.1. The quantitative estimate of drug-likeness (QED) is 0.922. The van der Waals surface area contributed by atoms with E-state index in [0.29, 0.717) is 18.2 Å². The highest BCUT2D eigenvalue weighted by molar-refractivity contribution is 5.94. The van der Waals surface area contributed by atoms with E-state index in [4.69, 9.17) is 0 Å². The van der Waals surface area contributed by atoms with Gasteiger partial charge in [0.1, 0.15) is 12.1 Å². The molecule has 1 aliphatic rings. The molecule has 134 valence electrons. The number of hydrogen-bond donors (Lipinski definition) is 1. The molecule has 1 fully saturated rings. The van der Waals surface area contributed by atoms with E-state index in [2.05, 4.69) is 20.2 Å². The van der Waals surface area contributed by atoms with Crippen LogP contribution in [0.4, 0.5) is 5.82 Å². The van der Waals surface area contributed by atoms with Crippen molar-refractivity contribution in [1.82, 2.24) is 19.9 Å². The Hall–Kier alpha value is -2.44. The summed E-state index contributed by atoms with van der Waals surface area (Å²) in [6, 6.07) is 2.25. The van der Waals surface area contributed by atoms with Crippen molar-refractivity contribution in [3.63, 3.8) is 0 Å². The van der Waals surface area contributed by atoms with Gasteiger partial charge in [-0.1, -0.05) is 12.8 Å². The SMILES string of the molecule is CC(=O)NCC[C@H]1CCCCCN1c1ncnc2c1ccn2C(C)=O. The molecule has 1 N–H and O–H groups in total. The number of nitrogens with one attached hydrogen (secondary N) is 1. The summed E-state index contributed by atoms with van der Waals surface area (Å²) in [4.78, 5) is 34.1. The lowest BCUT2D eigenvalue weighted by Crippen LogP contribution is -2.38. The van der Waals surface area contributed by atoms with Crippen molar-refractivity contribution in [3.8, 4) is 0 Å². The molecule has 7 nitrogen and oxygen atoms in total. The first-order chi connectivity index (χ1) is 12.1. The molecule has 1 atom stereocenters. The highest BCUT2D eigenvalue weighted by atomic mass is 16.2. The number of carbonyl (C=O) groups excluding carboxylic acids is 2. The van der Waals surface area contributed by atoms with E-state index in [1.165, 1.54) is 26.1 Å². The van der Waals surface area contributed by atoms with Crippen LogP contribution in [0.25, 0.3) is 11.0 Å². The highest BCUT2D eigenvalue weighted by Gasteiger charge is 2.24. The molecule has 1 saturated heterocycles. The largest absolute Gasteiger partial charge is 0.356 e. The molecule has 3 heterocycles. The number of fused-ring (bicyclic) bond motifs is 1. The fourth-order valence-electron chi connectivity index (χ4n) is 3.59. The average molecular weight is 343 g/mol. The molecule has 2 aromatic heterocycles. The van der Waals surface area contributed by atoms with Gasteiger partial charge in [0.25, 0.3) is 0 Å². The zero-order valence-corrected chi connectivity index (χ0v) is 14.9. The van der Waals surface area contributed by atoms with Crippen LogP contribution in [-0.4, -0.2) is 45.5 Å². The van der Waals surface area contributed by atoms with Gasteiger partial charge in [0.15, 0.2) is 5.65 Å². The Morgan fingerprint density at radius 1 is 1.24 bits per heavy atom. The molecule has 7 heteroatoms. The highest BCUT2D eigenvalue weighted by Crippen LogP contribution is 2.30. The van der Waals surface area contributed by atoms with Gasteiger partial charge in [-0.05, 0) is 25.3 Å². The summed E-state index contributed by atoms with van der Waals surface area (Å²) in [5.74, 6) is 0.834. The molecule has 0 spiro atoms. The molecule has 0 bridgehead atoms. The minimum Gasteiger partial charge on any atom is -0.356 e. The van der Waals surface area contributed by atoms with Crippen molar-refractivity contribution >= 4 is 28.7 Å². The maximum absolute atomic E-state index is 11.8. The number of hydrogen-bond acceptors (Lipinski definition) is 5. The first kappa shape index (κ1) is 17.4. The fraction of sp³-hybridized carbons (Fsp3) is 0.556. The Kier molecular flexibility index (Phi) is 5.31. The van der Waals surface area contributed by atoms with Crippen LogP contribution in [-0.2, 0) is 4.79 Å². The Morgan fingerprint density at radius 2 is 2.08 bits per heavy atom. The number of rotatable bonds is 4. The third-order valence-corrected chi connectivity index (χ3v) is 4.80. The van der Waals surface area contributed by atoms with E-state index in [9.17, 15) is 9.59 Å². The molecule has 0 aromatic carbocycles. The summed E-state index contributed by atoms with van der Waals surface area (Å²) in [7, 11) is 0. The third-order valence-electron chi connectivity index (χ3n) is 4.80.